The van der Waals surface area contributed by atoms with Crippen LogP contribution in [-0.2, 0) is 10.0 Å². The molecule has 0 saturated heterocycles. The number of carbonyl (C=O) groups is 2. The number of aromatic carboxylic acids is 2. The number of anilines is 1. The second kappa shape index (κ2) is 5.22. The van der Waals surface area contributed by atoms with Gasteiger partial charge in [-0.3, -0.25) is 4.72 Å². The van der Waals surface area contributed by atoms with Gasteiger partial charge in [-0.25, -0.2) is 9.59 Å². The maximum absolute atomic E-state index is 12.1. The first-order chi connectivity index (χ1) is 9.72. The van der Waals surface area contributed by atoms with Gasteiger partial charge in [0.2, 0.25) is 5.09 Å². The summed E-state index contributed by atoms with van der Waals surface area (Å²) in [6, 6.07) is 2.16. The number of hydrogen-bond donors (Lipinski definition) is 3. The minimum absolute atomic E-state index is 0.0633. The Kier molecular flexibility index (Phi) is 3.75. The highest BCUT2D eigenvalue weighted by Crippen LogP contribution is 2.26. The highest BCUT2D eigenvalue weighted by atomic mass is 32.2. The summed E-state index contributed by atoms with van der Waals surface area (Å²) in [7, 11) is -4.21. The van der Waals surface area contributed by atoms with Crippen LogP contribution in [0.2, 0.25) is 0 Å². The maximum atomic E-state index is 12.1. The largest absolute Gasteiger partial charge is 0.478 e. The van der Waals surface area contributed by atoms with E-state index in [1.807, 2.05) is 0 Å². The topological polar surface area (TPSA) is 134 Å². The van der Waals surface area contributed by atoms with Crippen molar-refractivity contribution in [2.75, 3.05) is 4.72 Å². The van der Waals surface area contributed by atoms with E-state index in [9.17, 15) is 18.0 Å². The van der Waals surface area contributed by atoms with Crippen molar-refractivity contribution in [3.05, 3.63) is 33.7 Å². The fourth-order valence-corrected chi connectivity index (χ4v) is 3.37. The van der Waals surface area contributed by atoms with Crippen molar-refractivity contribution in [1.82, 2.24) is 0 Å². The fraction of sp³-hybridized carbons (Fsp3) is 0.0909. The predicted molar refractivity (Wildman–Crippen MR) is 72.5 cm³/mol. The first kappa shape index (κ1) is 15.1. The Morgan fingerprint density at radius 3 is 2.48 bits per heavy atom. The van der Waals surface area contributed by atoms with Crippen molar-refractivity contribution in [1.29, 1.82) is 0 Å². The van der Waals surface area contributed by atoms with E-state index in [1.165, 1.54) is 18.4 Å². The Labute approximate surface area is 122 Å². The molecule has 0 fully saturated rings. The van der Waals surface area contributed by atoms with Crippen molar-refractivity contribution < 1.29 is 32.6 Å². The molecule has 3 N–H and O–H groups in total. The van der Waals surface area contributed by atoms with Gasteiger partial charge in [-0.05, 0) is 18.4 Å². The summed E-state index contributed by atoms with van der Waals surface area (Å²) in [4.78, 5) is 21.6. The summed E-state index contributed by atoms with van der Waals surface area (Å²) in [5.74, 6) is -2.66. The molecule has 0 aliphatic carbocycles. The first-order valence-corrected chi connectivity index (χ1v) is 7.76. The van der Waals surface area contributed by atoms with Crippen molar-refractivity contribution in [3.63, 3.8) is 0 Å². The first-order valence-electron chi connectivity index (χ1n) is 5.39. The summed E-state index contributed by atoms with van der Waals surface area (Å²) in [5.41, 5.74) is -0.391. The van der Waals surface area contributed by atoms with E-state index in [4.69, 9.17) is 14.6 Å². The van der Waals surface area contributed by atoms with Crippen LogP contribution in [0.15, 0.2) is 27.0 Å². The summed E-state index contributed by atoms with van der Waals surface area (Å²) in [6.45, 7) is 1.32. The molecule has 0 saturated carbocycles. The lowest BCUT2D eigenvalue weighted by atomic mass is 10.3. The molecule has 2 rings (SSSR count). The highest BCUT2D eigenvalue weighted by molar-refractivity contribution is 7.92. The lowest BCUT2D eigenvalue weighted by molar-refractivity contribution is 0.0687. The van der Waals surface area contributed by atoms with Gasteiger partial charge >= 0.3 is 11.9 Å². The van der Waals surface area contributed by atoms with E-state index < -0.39 is 27.1 Å². The van der Waals surface area contributed by atoms with Crippen molar-refractivity contribution in [3.8, 4) is 0 Å². The molecule has 2 aromatic heterocycles. The molecular formula is C11H9NO7S2. The molecule has 0 amide bonds. The number of carboxylic acid groups (broad SMARTS) is 2. The normalized spacial score (nSPS) is 11.3. The van der Waals surface area contributed by atoms with Crippen LogP contribution in [-0.4, -0.2) is 30.6 Å². The third-order valence-corrected chi connectivity index (χ3v) is 4.62. The van der Waals surface area contributed by atoms with E-state index in [0.717, 1.165) is 17.4 Å². The Balaban J connectivity index is 2.39. The average Bonchev–Trinajstić information content (AvgIpc) is 2.95. The molecule has 112 valence electrons. The van der Waals surface area contributed by atoms with E-state index in [0.29, 0.717) is 0 Å². The Morgan fingerprint density at radius 2 is 1.95 bits per heavy atom. The molecule has 8 nitrogen and oxygen atoms in total. The molecule has 0 aromatic carbocycles. The van der Waals surface area contributed by atoms with Gasteiger partial charge in [0.15, 0.2) is 0 Å². The van der Waals surface area contributed by atoms with Gasteiger partial charge < -0.3 is 14.6 Å². The SMILES string of the molecule is Cc1oc(S(=O)(=O)Nc2ccsc2C(=O)O)cc1C(=O)O. The minimum atomic E-state index is -4.21. The molecule has 0 unspecified atom stereocenters. The van der Waals surface area contributed by atoms with Crippen LogP contribution >= 0.6 is 11.3 Å². The zero-order valence-electron chi connectivity index (χ0n) is 10.5. The van der Waals surface area contributed by atoms with Crippen molar-refractivity contribution in [2.24, 2.45) is 0 Å². The van der Waals surface area contributed by atoms with Crippen molar-refractivity contribution >= 4 is 39.0 Å². The Hall–Kier alpha value is -2.33. The van der Waals surface area contributed by atoms with Gasteiger partial charge in [-0.1, -0.05) is 0 Å². The van der Waals surface area contributed by atoms with Gasteiger partial charge in [-0.2, -0.15) is 8.42 Å². The summed E-state index contributed by atoms with van der Waals surface area (Å²) >= 11 is 0.856. The summed E-state index contributed by atoms with van der Waals surface area (Å²) < 4.78 is 31.1. The molecular weight excluding hydrogens is 322 g/mol. The lowest BCUT2D eigenvalue weighted by Gasteiger charge is -2.04. The molecule has 0 spiro atoms. The molecule has 0 bridgehead atoms. The van der Waals surface area contributed by atoms with Gasteiger partial charge in [0.1, 0.15) is 16.2 Å². The maximum Gasteiger partial charge on any atom is 0.348 e. The van der Waals surface area contributed by atoms with Crippen LogP contribution in [0, 0.1) is 6.92 Å². The van der Waals surface area contributed by atoms with Crippen LogP contribution in [0.1, 0.15) is 25.8 Å². The Bertz CT molecular complexity index is 815. The van der Waals surface area contributed by atoms with Crippen LogP contribution in [0.4, 0.5) is 5.69 Å². The van der Waals surface area contributed by atoms with E-state index in [-0.39, 0.29) is 21.9 Å². The standard InChI is InChI=1S/C11H9NO7S2/c1-5-6(10(13)14)4-8(19-5)21(17,18)12-7-2-3-20-9(7)11(15)16/h2-4,12H,1H3,(H,13,14)(H,15,16). The number of thiophene rings is 1. The number of aryl methyl sites for hydroxylation is 1. The highest BCUT2D eigenvalue weighted by Gasteiger charge is 2.25. The molecule has 0 radical (unpaired) electrons. The van der Waals surface area contributed by atoms with E-state index >= 15 is 0 Å². The third-order valence-electron chi connectivity index (χ3n) is 2.49. The monoisotopic (exact) mass is 331 g/mol. The number of sulfonamides is 1. The third kappa shape index (κ3) is 2.90. The van der Waals surface area contributed by atoms with Gasteiger partial charge in [0, 0.05) is 6.07 Å². The predicted octanol–water partition coefficient (Wildman–Crippen LogP) is 1.85. The number of furan rings is 1. The number of hydrogen-bond acceptors (Lipinski definition) is 6. The molecule has 0 aliphatic heterocycles. The quantitative estimate of drug-likeness (QED) is 0.761. The Morgan fingerprint density at radius 1 is 1.29 bits per heavy atom. The number of carboxylic acids is 2. The lowest BCUT2D eigenvalue weighted by Crippen LogP contribution is -2.13. The molecule has 10 heteroatoms. The van der Waals surface area contributed by atoms with Crippen molar-refractivity contribution in [2.45, 2.75) is 12.0 Å². The van der Waals surface area contributed by atoms with E-state index in [1.54, 1.807) is 0 Å². The van der Waals surface area contributed by atoms with Crippen LogP contribution < -0.4 is 4.72 Å². The second-order valence-corrected chi connectivity index (χ2v) is 6.44. The molecule has 0 aliphatic rings. The molecule has 0 atom stereocenters. The summed E-state index contributed by atoms with van der Waals surface area (Å²) in [5, 5.41) is 18.6. The van der Waals surface area contributed by atoms with Gasteiger partial charge in [0.05, 0.1) is 5.69 Å². The van der Waals surface area contributed by atoms with Gasteiger partial charge in [0.25, 0.3) is 10.0 Å². The summed E-state index contributed by atoms with van der Waals surface area (Å²) in [6.07, 6.45) is 0. The average molecular weight is 331 g/mol. The number of rotatable bonds is 5. The minimum Gasteiger partial charge on any atom is -0.478 e. The molecule has 21 heavy (non-hydrogen) atoms. The van der Waals surface area contributed by atoms with Crippen LogP contribution in [0.25, 0.3) is 0 Å². The van der Waals surface area contributed by atoms with Crippen LogP contribution in [0.5, 0.6) is 0 Å². The zero-order chi connectivity index (χ0) is 15.8. The smallest absolute Gasteiger partial charge is 0.348 e. The number of nitrogens with one attached hydrogen (secondary N) is 1. The second-order valence-electron chi connectivity index (χ2n) is 3.91. The van der Waals surface area contributed by atoms with E-state index in [2.05, 4.69) is 4.72 Å². The van der Waals surface area contributed by atoms with Gasteiger partial charge in [-0.15, -0.1) is 11.3 Å². The zero-order valence-corrected chi connectivity index (χ0v) is 12.1. The van der Waals surface area contributed by atoms with Crippen LogP contribution in [0.3, 0.4) is 0 Å². The molecule has 2 heterocycles. The fourth-order valence-electron chi connectivity index (χ4n) is 1.55. The molecule has 2 aromatic rings.